The Balaban J connectivity index is 2.20. The van der Waals surface area contributed by atoms with E-state index in [1.165, 1.54) is 0 Å². The van der Waals surface area contributed by atoms with Gasteiger partial charge in [-0.25, -0.2) is 13.6 Å². The summed E-state index contributed by atoms with van der Waals surface area (Å²) in [7, 11) is 0.933. The van der Waals surface area contributed by atoms with Gasteiger partial charge in [0.2, 0.25) is 5.82 Å². The molecule has 0 heterocycles. The van der Waals surface area contributed by atoms with Crippen LogP contribution in [0.2, 0.25) is 0 Å². The van der Waals surface area contributed by atoms with Crippen molar-refractivity contribution < 1.29 is 27.5 Å². The molecule has 108 valence electrons. The topological polar surface area (TPSA) is 67.4 Å². The molecule has 8 heteroatoms. The molecule has 0 unspecified atom stereocenters. The molecule has 0 bridgehead atoms. The fourth-order valence-corrected chi connectivity index (χ4v) is 1.54. The van der Waals surface area contributed by atoms with Gasteiger partial charge in [-0.05, 0) is 18.9 Å². The summed E-state index contributed by atoms with van der Waals surface area (Å²) in [6.45, 7) is 0. The van der Waals surface area contributed by atoms with Crippen LogP contribution in [0.1, 0.15) is 23.2 Å². The number of imide groups is 1. The first-order valence-corrected chi connectivity index (χ1v) is 5.77. The third-order valence-corrected chi connectivity index (χ3v) is 2.70. The zero-order chi connectivity index (χ0) is 14.9. The van der Waals surface area contributed by atoms with Gasteiger partial charge in [-0.1, -0.05) is 0 Å². The summed E-state index contributed by atoms with van der Waals surface area (Å²) < 4.78 is 44.5. The first-order chi connectivity index (χ1) is 9.43. The van der Waals surface area contributed by atoms with Gasteiger partial charge in [0.25, 0.3) is 5.91 Å². The molecule has 0 saturated heterocycles. The number of benzene rings is 1. The number of nitrogens with one attached hydrogen (secondary N) is 2. The van der Waals surface area contributed by atoms with Gasteiger partial charge in [0.1, 0.15) is 0 Å². The van der Waals surface area contributed by atoms with Gasteiger partial charge in [0, 0.05) is 6.04 Å². The van der Waals surface area contributed by atoms with Gasteiger partial charge in [-0.3, -0.25) is 10.1 Å². The number of hydrogen-bond donors (Lipinski definition) is 2. The number of halogens is 3. The number of hydrogen-bond acceptors (Lipinski definition) is 3. The molecule has 1 aliphatic rings. The number of methoxy groups -OCH3 is 1. The van der Waals surface area contributed by atoms with Crippen LogP contribution in [0.3, 0.4) is 0 Å². The smallest absolute Gasteiger partial charge is 0.321 e. The third-order valence-electron chi connectivity index (χ3n) is 2.70. The van der Waals surface area contributed by atoms with E-state index in [0.29, 0.717) is 6.07 Å². The Morgan fingerprint density at radius 1 is 1.25 bits per heavy atom. The SMILES string of the molecule is COc1c(F)c(F)cc(C(=O)NC(=O)NC2CC2)c1F. The number of rotatable bonds is 3. The molecule has 0 aliphatic heterocycles. The zero-order valence-corrected chi connectivity index (χ0v) is 10.4. The van der Waals surface area contributed by atoms with Crippen LogP contribution < -0.4 is 15.4 Å². The van der Waals surface area contributed by atoms with Crippen molar-refractivity contribution in [3.05, 3.63) is 29.1 Å². The van der Waals surface area contributed by atoms with E-state index in [0.717, 1.165) is 20.0 Å². The maximum atomic E-state index is 13.8. The summed E-state index contributed by atoms with van der Waals surface area (Å²) in [6, 6.07) is -0.458. The quantitative estimate of drug-likeness (QED) is 0.832. The lowest BCUT2D eigenvalue weighted by Crippen LogP contribution is -2.40. The van der Waals surface area contributed by atoms with Gasteiger partial charge in [0.05, 0.1) is 12.7 Å². The fraction of sp³-hybridized carbons (Fsp3) is 0.333. The van der Waals surface area contributed by atoms with Gasteiger partial charge in [-0.15, -0.1) is 0 Å². The highest BCUT2D eigenvalue weighted by atomic mass is 19.2. The van der Waals surface area contributed by atoms with E-state index in [9.17, 15) is 22.8 Å². The highest BCUT2D eigenvalue weighted by Crippen LogP contribution is 2.26. The molecule has 1 aromatic carbocycles. The van der Waals surface area contributed by atoms with Gasteiger partial charge >= 0.3 is 6.03 Å². The first kappa shape index (κ1) is 14.2. The van der Waals surface area contributed by atoms with Crippen molar-refractivity contribution in [1.29, 1.82) is 0 Å². The molecule has 2 rings (SSSR count). The van der Waals surface area contributed by atoms with Crippen molar-refractivity contribution in [3.63, 3.8) is 0 Å². The van der Waals surface area contributed by atoms with Crippen LogP contribution in [-0.4, -0.2) is 25.1 Å². The lowest BCUT2D eigenvalue weighted by molar-refractivity contribution is 0.0958. The van der Waals surface area contributed by atoms with Crippen LogP contribution in [0.4, 0.5) is 18.0 Å². The van der Waals surface area contributed by atoms with Crippen LogP contribution in [0.5, 0.6) is 5.75 Å². The standard InChI is InChI=1S/C12H11F3N2O3/c1-20-10-8(14)6(4-7(13)9(10)15)11(18)17-12(19)16-5-2-3-5/h4-5H,2-3H2,1H3,(H2,16,17,18,19). The summed E-state index contributed by atoms with van der Waals surface area (Å²) >= 11 is 0. The minimum absolute atomic E-state index is 0.00728. The highest BCUT2D eigenvalue weighted by Gasteiger charge is 2.27. The molecule has 0 radical (unpaired) electrons. The largest absolute Gasteiger partial charge is 0.491 e. The van der Waals surface area contributed by atoms with Crippen LogP contribution in [0.25, 0.3) is 0 Å². The summed E-state index contributed by atoms with van der Waals surface area (Å²) in [4.78, 5) is 23.0. The third kappa shape index (κ3) is 2.84. The molecule has 1 aliphatic carbocycles. The van der Waals surface area contributed by atoms with E-state index in [4.69, 9.17) is 0 Å². The number of amides is 3. The Morgan fingerprint density at radius 2 is 1.90 bits per heavy atom. The lowest BCUT2D eigenvalue weighted by Gasteiger charge is -2.10. The molecule has 20 heavy (non-hydrogen) atoms. The Morgan fingerprint density at radius 3 is 2.45 bits per heavy atom. The van der Waals surface area contributed by atoms with Crippen LogP contribution in [0, 0.1) is 17.5 Å². The van der Waals surface area contributed by atoms with Crippen molar-refractivity contribution in [2.45, 2.75) is 18.9 Å². The Hall–Kier alpha value is -2.25. The van der Waals surface area contributed by atoms with Crippen LogP contribution >= 0.6 is 0 Å². The van der Waals surface area contributed by atoms with Crippen molar-refractivity contribution in [1.82, 2.24) is 10.6 Å². The Bertz CT molecular complexity index is 574. The van der Waals surface area contributed by atoms with Gasteiger partial charge in [-0.2, -0.15) is 4.39 Å². The fourth-order valence-electron chi connectivity index (χ4n) is 1.54. The number of carbonyl (C=O) groups excluding carboxylic acids is 2. The number of ether oxygens (including phenoxy) is 1. The Kier molecular flexibility index (Phi) is 3.82. The van der Waals surface area contributed by atoms with Crippen molar-refractivity contribution >= 4 is 11.9 Å². The molecular weight excluding hydrogens is 277 g/mol. The van der Waals surface area contributed by atoms with Crippen molar-refractivity contribution in [2.24, 2.45) is 0 Å². The minimum Gasteiger partial charge on any atom is -0.491 e. The van der Waals surface area contributed by atoms with E-state index in [1.54, 1.807) is 0 Å². The average molecular weight is 288 g/mol. The normalized spacial score (nSPS) is 13.8. The number of carbonyl (C=O) groups is 2. The molecule has 5 nitrogen and oxygen atoms in total. The van der Waals surface area contributed by atoms with E-state index >= 15 is 0 Å². The van der Waals surface area contributed by atoms with Gasteiger partial charge < -0.3 is 10.1 Å². The van der Waals surface area contributed by atoms with E-state index in [-0.39, 0.29) is 6.04 Å². The molecule has 0 atom stereocenters. The first-order valence-electron chi connectivity index (χ1n) is 5.77. The number of urea groups is 1. The second-order valence-electron chi connectivity index (χ2n) is 4.27. The van der Waals surface area contributed by atoms with E-state index in [1.807, 2.05) is 5.32 Å². The van der Waals surface area contributed by atoms with Crippen LogP contribution in [0.15, 0.2) is 6.07 Å². The zero-order valence-electron chi connectivity index (χ0n) is 10.4. The predicted octanol–water partition coefficient (Wildman–Crippen LogP) is 1.71. The van der Waals surface area contributed by atoms with Crippen LogP contribution in [-0.2, 0) is 0 Å². The second-order valence-corrected chi connectivity index (χ2v) is 4.27. The van der Waals surface area contributed by atoms with E-state index in [2.05, 4.69) is 10.1 Å². The molecule has 1 saturated carbocycles. The second kappa shape index (κ2) is 5.40. The summed E-state index contributed by atoms with van der Waals surface area (Å²) in [5, 5.41) is 4.27. The molecule has 3 amide bonds. The van der Waals surface area contributed by atoms with Gasteiger partial charge in [0.15, 0.2) is 17.4 Å². The molecule has 2 N–H and O–H groups in total. The maximum absolute atomic E-state index is 13.8. The summed E-state index contributed by atoms with van der Waals surface area (Å²) in [5.41, 5.74) is -0.813. The Labute approximate surface area is 112 Å². The maximum Gasteiger partial charge on any atom is 0.321 e. The highest BCUT2D eigenvalue weighted by molar-refractivity contribution is 6.04. The molecule has 0 spiro atoms. The predicted molar refractivity (Wildman–Crippen MR) is 61.9 cm³/mol. The van der Waals surface area contributed by atoms with E-state index < -0.39 is 40.7 Å². The van der Waals surface area contributed by atoms with Crippen molar-refractivity contribution in [2.75, 3.05) is 7.11 Å². The molecule has 0 aromatic heterocycles. The summed E-state index contributed by atoms with van der Waals surface area (Å²) in [6.07, 6.45) is 1.60. The average Bonchev–Trinajstić information content (AvgIpc) is 3.18. The van der Waals surface area contributed by atoms with Crippen molar-refractivity contribution in [3.8, 4) is 5.75 Å². The summed E-state index contributed by atoms with van der Waals surface area (Å²) in [5.74, 6) is -6.56. The molecular formula is C12H11F3N2O3. The molecule has 1 aromatic rings. The molecule has 1 fully saturated rings. The monoisotopic (exact) mass is 288 g/mol. The lowest BCUT2D eigenvalue weighted by atomic mass is 10.1. The minimum atomic E-state index is -1.54.